The van der Waals surface area contributed by atoms with E-state index in [1.165, 1.54) is 0 Å². The van der Waals surface area contributed by atoms with Crippen molar-refractivity contribution in [1.29, 1.82) is 0 Å². The first-order valence-corrected chi connectivity index (χ1v) is 6.29. The highest BCUT2D eigenvalue weighted by atomic mass is 16.3. The number of nitrogens with zero attached hydrogens (tertiary/aromatic N) is 2. The predicted molar refractivity (Wildman–Crippen MR) is 73.5 cm³/mol. The zero-order chi connectivity index (χ0) is 13.2. The molecule has 18 heavy (non-hydrogen) atoms. The van der Waals surface area contributed by atoms with Gasteiger partial charge in [0.15, 0.2) is 0 Å². The standard InChI is InChI=1S/C14H21N3O/c1-14(2,3)15-9-12(18)10-17-13-7-5-4-6-11(13)8-16-17/h4-8,12,15,18H,9-10H2,1-3H3. The van der Waals surface area contributed by atoms with Crippen molar-refractivity contribution in [3.8, 4) is 0 Å². The van der Waals surface area contributed by atoms with Gasteiger partial charge in [-0.3, -0.25) is 4.68 Å². The molecule has 98 valence electrons. The number of aliphatic hydroxyl groups excluding tert-OH is 1. The van der Waals surface area contributed by atoms with Gasteiger partial charge in [0.2, 0.25) is 0 Å². The first-order valence-electron chi connectivity index (χ1n) is 6.29. The molecule has 0 bridgehead atoms. The second kappa shape index (κ2) is 5.08. The zero-order valence-corrected chi connectivity index (χ0v) is 11.2. The number of rotatable bonds is 4. The van der Waals surface area contributed by atoms with Crippen molar-refractivity contribution in [3.05, 3.63) is 30.5 Å². The van der Waals surface area contributed by atoms with Gasteiger partial charge in [0, 0.05) is 17.5 Å². The Kier molecular flexibility index (Phi) is 3.68. The third-order valence-electron chi connectivity index (χ3n) is 2.80. The van der Waals surface area contributed by atoms with Gasteiger partial charge in [0.05, 0.1) is 24.4 Å². The molecule has 0 saturated heterocycles. The number of aliphatic hydroxyl groups is 1. The van der Waals surface area contributed by atoms with Crippen LogP contribution in [0.2, 0.25) is 0 Å². The summed E-state index contributed by atoms with van der Waals surface area (Å²) >= 11 is 0. The number of aromatic nitrogens is 2. The van der Waals surface area contributed by atoms with Crippen LogP contribution in [-0.4, -0.2) is 33.1 Å². The van der Waals surface area contributed by atoms with E-state index in [4.69, 9.17) is 0 Å². The van der Waals surface area contributed by atoms with Crippen molar-refractivity contribution in [2.24, 2.45) is 0 Å². The van der Waals surface area contributed by atoms with E-state index in [9.17, 15) is 5.11 Å². The van der Waals surface area contributed by atoms with Gasteiger partial charge >= 0.3 is 0 Å². The monoisotopic (exact) mass is 247 g/mol. The topological polar surface area (TPSA) is 50.1 Å². The van der Waals surface area contributed by atoms with Crippen LogP contribution in [0.4, 0.5) is 0 Å². The Labute approximate surface area is 108 Å². The molecule has 1 aromatic carbocycles. The summed E-state index contributed by atoms with van der Waals surface area (Å²) < 4.78 is 1.85. The van der Waals surface area contributed by atoms with Crippen LogP contribution in [-0.2, 0) is 6.54 Å². The SMILES string of the molecule is CC(C)(C)NCC(O)Cn1ncc2ccccc21. The molecule has 1 aromatic heterocycles. The Morgan fingerprint density at radius 1 is 1.33 bits per heavy atom. The number of β-amino-alcohol motifs (C(OH)–C–C–N with tert-alkyl or cyclic N) is 1. The van der Waals surface area contributed by atoms with Crippen molar-refractivity contribution in [1.82, 2.24) is 15.1 Å². The zero-order valence-electron chi connectivity index (χ0n) is 11.2. The van der Waals surface area contributed by atoms with E-state index in [-0.39, 0.29) is 5.54 Å². The highest BCUT2D eigenvalue weighted by molar-refractivity contribution is 5.78. The van der Waals surface area contributed by atoms with E-state index >= 15 is 0 Å². The van der Waals surface area contributed by atoms with Crippen LogP contribution in [0.1, 0.15) is 20.8 Å². The fourth-order valence-corrected chi connectivity index (χ4v) is 1.86. The molecule has 0 radical (unpaired) electrons. The Hall–Kier alpha value is -1.39. The van der Waals surface area contributed by atoms with Gasteiger partial charge in [-0.25, -0.2) is 0 Å². The predicted octanol–water partition coefficient (Wildman–Crippen LogP) is 1.79. The second-order valence-corrected chi connectivity index (χ2v) is 5.67. The first kappa shape index (κ1) is 13.1. The smallest absolute Gasteiger partial charge is 0.0860 e. The molecular weight excluding hydrogens is 226 g/mol. The number of hydrogen-bond donors (Lipinski definition) is 2. The maximum absolute atomic E-state index is 10.0. The van der Waals surface area contributed by atoms with Crippen LogP contribution in [0.5, 0.6) is 0 Å². The number of nitrogens with one attached hydrogen (secondary N) is 1. The van der Waals surface area contributed by atoms with Crippen molar-refractivity contribution in [2.75, 3.05) is 6.54 Å². The molecule has 1 unspecified atom stereocenters. The van der Waals surface area contributed by atoms with E-state index in [1.54, 1.807) is 0 Å². The van der Waals surface area contributed by atoms with Crippen LogP contribution in [0, 0.1) is 0 Å². The Balaban J connectivity index is 2.01. The molecule has 0 aliphatic carbocycles. The van der Waals surface area contributed by atoms with Gasteiger partial charge in [-0.15, -0.1) is 0 Å². The summed E-state index contributed by atoms with van der Waals surface area (Å²) in [5, 5.41) is 18.7. The fraction of sp³-hybridized carbons (Fsp3) is 0.500. The minimum atomic E-state index is -0.437. The Morgan fingerprint density at radius 2 is 2.06 bits per heavy atom. The Bertz CT molecular complexity index is 513. The van der Waals surface area contributed by atoms with Crippen LogP contribution in [0.15, 0.2) is 30.5 Å². The van der Waals surface area contributed by atoms with Gasteiger partial charge < -0.3 is 10.4 Å². The summed E-state index contributed by atoms with van der Waals surface area (Å²) in [4.78, 5) is 0. The van der Waals surface area contributed by atoms with Gasteiger partial charge in [0.1, 0.15) is 0 Å². The molecule has 0 amide bonds. The number of fused-ring (bicyclic) bond motifs is 1. The van der Waals surface area contributed by atoms with E-state index in [1.807, 2.05) is 35.1 Å². The maximum atomic E-state index is 10.0. The lowest BCUT2D eigenvalue weighted by Gasteiger charge is -2.23. The normalized spacial score (nSPS) is 14.0. The number of para-hydroxylation sites is 1. The minimum absolute atomic E-state index is 0.0210. The largest absolute Gasteiger partial charge is 0.390 e. The maximum Gasteiger partial charge on any atom is 0.0860 e. The molecule has 2 N–H and O–H groups in total. The molecule has 0 spiro atoms. The molecule has 0 fully saturated rings. The van der Waals surface area contributed by atoms with Crippen molar-refractivity contribution in [3.63, 3.8) is 0 Å². The molecule has 4 heteroatoms. The van der Waals surface area contributed by atoms with E-state index < -0.39 is 6.10 Å². The lowest BCUT2D eigenvalue weighted by molar-refractivity contribution is 0.139. The minimum Gasteiger partial charge on any atom is -0.390 e. The summed E-state index contributed by atoms with van der Waals surface area (Å²) in [5.41, 5.74) is 1.08. The van der Waals surface area contributed by atoms with Crippen LogP contribution < -0.4 is 5.32 Å². The van der Waals surface area contributed by atoms with E-state index in [0.717, 1.165) is 10.9 Å². The summed E-state index contributed by atoms with van der Waals surface area (Å²) in [6.45, 7) is 7.34. The van der Waals surface area contributed by atoms with Gasteiger partial charge in [-0.05, 0) is 26.8 Å². The average Bonchev–Trinajstić information content (AvgIpc) is 2.70. The molecule has 0 aliphatic heterocycles. The van der Waals surface area contributed by atoms with Crippen LogP contribution >= 0.6 is 0 Å². The summed E-state index contributed by atoms with van der Waals surface area (Å²) in [5.74, 6) is 0. The number of benzene rings is 1. The van der Waals surface area contributed by atoms with Crippen molar-refractivity contribution >= 4 is 10.9 Å². The number of hydrogen-bond acceptors (Lipinski definition) is 3. The molecule has 2 rings (SSSR count). The molecule has 1 heterocycles. The molecule has 0 aliphatic rings. The van der Waals surface area contributed by atoms with Gasteiger partial charge in [-0.1, -0.05) is 18.2 Å². The fourth-order valence-electron chi connectivity index (χ4n) is 1.86. The molecular formula is C14H21N3O. The third kappa shape index (κ3) is 3.31. The highest BCUT2D eigenvalue weighted by Crippen LogP contribution is 2.12. The Morgan fingerprint density at radius 3 is 2.78 bits per heavy atom. The molecule has 0 saturated carbocycles. The van der Waals surface area contributed by atoms with E-state index in [2.05, 4.69) is 31.2 Å². The quantitative estimate of drug-likeness (QED) is 0.866. The average molecular weight is 247 g/mol. The summed E-state index contributed by atoms with van der Waals surface area (Å²) in [6.07, 6.45) is 1.40. The molecule has 4 nitrogen and oxygen atoms in total. The first-order chi connectivity index (χ1) is 8.46. The van der Waals surface area contributed by atoms with E-state index in [0.29, 0.717) is 13.1 Å². The van der Waals surface area contributed by atoms with Gasteiger partial charge in [0.25, 0.3) is 0 Å². The third-order valence-corrected chi connectivity index (χ3v) is 2.80. The lowest BCUT2D eigenvalue weighted by atomic mass is 10.1. The summed E-state index contributed by atoms with van der Waals surface area (Å²) in [7, 11) is 0. The van der Waals surface area contributed by atoms with Gasteiger partial charge in [-0.2, -0.15) is 5.10 Å². The lowest BCUT2D eigenvalue weighted by Crippen LogP contribution is -2.42. The molecule has 1 atom stereocenters. The van der Waals surface area contributed by atoms with Crippen molar-refractivity contribution in [2.45, 2.75) is 39.0 Å². The molecule has 2 aromatic rings. The van der Waals surface area contributed by atoms with Crippen LogP contribution in [0.25, 0.3) is 10.9 Å². The second-order valence-electron chi connectivity index (χ2n) is 5.67. The summed E-state index contributed by atoms with van der Waals surface area (Å²) in [6, 6.07) is 8.02. The van der Waals surface area contributed by atoms with Crippen LogP contribution in [0.3, 0.4) is 0 Å². The highest BCUT2D eigenvalue weighted by Gasteiger charge is 2.13. The van der Waals surface area contributed by atoms with Crippen molar-refractivity contribution < 1.29 is 5.11 Å².